The monoisotopic (exact) mass is 338 g/mol. The van der Waals surface area contributed by atoms with Gasteiger partial charge in [0.25, 0.3) is 0 Å². The van der Waals surface area contributed by atoms with E-state index in [1.165, 1.54) is 10.4 Å². The number of piperazine rings is 1. The first kappa shape index (κ1) is 17.7. The second-order valence-electron chi connectivity index (χ2n) is 5.88. The summed E-state index contributed by atoms with van der Waals surface area (Å²) in [6.07, 6.45) is 0. The number of anilines is 1. The fourth-order valence-corrected chi connectivity index (χ4v) is 3.68. The number of aryl methyl sites for hydroxylation is 1. The molecule has 0 aliphatic carbocycles. The molecule has 1 saturated heterocycles. The lowest BCUT2D eigenvalue weighted by Gasteiger charge is -2.34. The number of hydrogen-bond acceptors (Lipinski definition) is 4. The fourth-order valence-electron chi connectivity index (χ4n) is 2.60. The summed E-state index contributed by atoms with van der Waals surface area (Å²) in [6.45, 7) is 11.9. The molecule has 1 aliphatic heterocycles. The number of carbonyl (C=O) groups excluding carboxylic acids is 2. The Morgan fingerprint density at radius 1 is 1.09 bits per heavy atom. The molecule has 1 aromatic rings. The van der Waals surface area contributed by atoms with E-state index in [2.05, 4.69) is 29.4 Å². The molecule has 128 valence electrons. The van der Waals surface area contributed by atoms with Crippen molar-refractivity contribution in [2.45, 2.75) is 27.7 Å². The Kier molecular flexibility index (Phi) is 6.01. The first-order valence-corrected chi connectivity index (χ1v) is 8.85. The minimum atomic E-state index is -0.0169. The Balaban J connectivity index is 1.81. The molecule has 2 N–H and O–H groups in total. The molecule has 3 amide bonds. The molecule has 0 bridgehead atoms. The molecule has 0 spiro atoms. The van der Waals surface area contributed by atoms with Gasteiger partial charge in [0, 0.05) is 37.6 Å². The van der Waals surface area contributed by atoms with Crippen LogP contribution in [0.15, 0.2) is 0 Å². The third-order valence-electron chi connectivity index (χ3n) is 4.29. The molecular weight excluding hydrogens is 312 g/mol. The van der Waals surface area contributed by atoms with E-state index < -0.39 is 0 Å². The molecule has 23 heavy (non-hydrogen) atoms. The number of urea groups is 1. The maximum Gasteiger partial charge on any atom is 0.317 e. The lowest BCUT2D eigenvalue weighted by Crippen LogP contribution is -2.52. The Labute approximate surface area is 141 Å². The van der Waals surface area contributed by atoms with Crippen molar-refractivity contribution in [2.24, 2.45) is 0 Å². The van der Waals surface area contributed by atoms with Crippen LogP contribution in [0.1, 0.15) is 22.9 Å². The molecule has 0 aromatic carbocycles. The van der Waals surface area contributed by atoms with Gasteiger partial charge < -0.3 is 15.5 Å². The van der Waals surface area contributed by atoms with E-state index in [0.717, 1.165) is 23.7 Å². The van der Waals surface area contributed by atoms with Gasteiger partial charge >= 0.3 is 6.03 Å². The van der Waals surface area contributed by atoms with Crippen molar-refractivity contribution in [1.29, 1.82) is 0 Å². The van der Waals surface area contributed by atoms with Crippen LogP contribution in [0.25, 0.3) is 0 Å². The van der Waals surface area contributed by atoms with Crippen LogP contribution in [-0.2, 0) is 4.79 Å². The van der Waals surface area contributed by atoms with E-state index in [0.29, 0.717) is 26.2 Å². The second kappa shape index (κ2) is 7.79. The van der Waals surface area contributed by atoms with Crippen LogP contribution in [0.5, 0.6) is 0 Å². The Hall–Kier alpha value is -1.60. The zero-order valence-electron chi connectivity index (χ0n) is 14.4. The SMILES string of the molecule is CCNC(=O)N1CCN(CC(=O)Nc2sc(C)c(C)c2C)CC1. The van der Waals surface area contributed by atoms with Crippen LogP contribution in [0.3, 0.4) is 0 Å². The maximum atomic E-state index is 12.2. The second-order valence-corrected chi connectivity index (χ2v) is 7.11. The van der Waals surface area contributed by atoms with Crippen molar-refractivity contribution in [1.82, 2.24) is 15.1 Å². The molecule has 2 heterocycles. The zero-order chi connectivity index (χ0) is 17.0. The molecule has 0 radical (unpaired) electrons. The third-order valence-corrected chi connectivity index (χ3v) is 5.52. The Morgan fingerprint density at radius 2 is 1.74 bits per heavy atom. The van der Waals surface area contributed by atoms with E-state index in [1.54, 1.807) is 16.2 Å². The molecule has 0 atom stereocenters. The number of hydrogen-bond donors (Lipinski definition) is 2. The predicted molar refractivity (Wildman–Crippen MR) is 94.2 cm³/mol. The van der Waals surface area contributed by atoms with Crippen LogP contribution >= 0.6 is 11.3 Å². The summed E-state index contributed by atoms with van der Waals surface area (Å²) in [4.78, 5) is 29.1. The van der Waals surface area contributed by atoms with E-state index in [4.69, 9.17) is 0 Å². The Morgan fingerprint density at radius 3 is 2.26 bits per heavy atom. The summed E-state index contributed by atoms with van der Waals surface area (Å²) in [6, 6.07) is -0.0169. The molecule has 7 heteroatoms. The quantitative estimate of drug-likeness (QED) is 0.882. The molecule has 1 fully saturated rings. The molecule has 6 nitrogen and oxygen atoms in total. The highest BCUT2D eigenvalue weighted by Gasteiger charge is 2.22. The van der Waals surface area contributed by atoms with E-state index >= 15 is 0 Å². The van der Waals surface area contributed by atoms with Crippen LogP contribution in [0.4, 0.5) is 9.80 Å². The lowest BCUT2D eigenvalue weighted by molar-refractivity contribution is -0.117. The molecule has 0 unspecified atom stereocenters. The number of rotatable bonds is 4. The number of amides is 3. The Bertz CT molecular complexity index is 577. The van der Waals surface area contributed by atoms with Crippen molar-refractivity contribution in [2.75, 3.05) is 44.6 Å². The van der Waals surface area contributed by atoms with Crippen molar-refractivity contribution in [3.8, 4) is 0 Å². The van der Waals surface area contributed by atoms with Gasteiger partial charge in [0.1, 0.15) is 0 Å². The molecular formula is C16H26N4O2S. The largest absolute Gasteiger partial charge is 0.338 e. The van der Waals surface area contributed by atoms with Crippen molar-refractivity contribution in [3.63, 3.8) is 0 Å². The first-order chi connectivity index (χ1) is 10.9. The minimum Gasteiger partial charge on any atom is -0.338 e. The topological polar surface area (TPSA) is 64.7 Å². The van der Waals surface area contributed by atoms with Crippen molar-refractivity contribution >= 4 is 28.3 Å². The van der Waals surface area contributed by atoms with Gasteiger partial charge in [-0.15, -0.1) is 11.3 Å². The highest BCUT2D eigenvalue weighted by atomic mass is 32.1. The summed E-state index contributed by atoms with van der Waals surface area (Å²) in [5, 5.41) is 6.78. The first-order valence-electron chi connectivity index (χ1n) is 8.04. The van der Waals surface area contributed by atoms with Gasteiger partial charge in [-0.2, -0.15) is 0 Å². The van der Waals surface area contributed by atoms with Gasteiger partial charge in [0.15, 0.2) is 0 Å². The zero-order valence-corrected chi connectivity index (χ0v) is 15.2. The van der Waals surface area contributed by atoms with Crippen molar-refractivity contribution in [3.05, 3.63) is 16.0 Å². The van der Waals surface area contributed by atoms with Crippen LogP contribution < -0.4 is 10.6 Å². The van der Waals surface area contributed by atoms with E-state index in [1.807, 2.05) is 13.8 Å². The van der Waals surface area contributed by atoms with E-state index in [-0.39, 0.29) is 11.9 Å². The standard InChI is InChI=1S/C16H26N4O2S/c1-5-17-16(22)20-8-6-19(7-9-20)10-14(21)18-15-12(3)11(2)13(4)23-15/h5-10H2,1-4H3,(H,17,22)(H,18,21). The van der Waals surface area contributed by atoms with Gasteiger partial charge in [0.05, 0.1) is 11.5 Å². The number of carbonyl (C=O) groups is 2. The molecule has 1 aliphatic rings. The minimum absolute atomic E-state index is 0.0146. The van der Waals surface area contributed by atoms with Crippen molar-refractivity contribution < 1.29 is 9.59 Å². The predicted octanol–water partition coefficient (Wildman–Crippen LogP) is 1.96. The van der Waals surface area contributed by atoms with Crippen LogP contribution in [0.2, 0.25) is 0 Å². The summed E-state index contributed by atoms with van der Waals surface area (Å²) < 4.78 is 0. The van der Waals surface area contributed by atoms with E-state index in [9.17, 15) is 9.59 Å². The highest BCUT2D eigenvalue weighted by Crippen LogP contribution is 2.31. The maximum absolute atomic E-state index is 12.2. The number of nitrogens with zero attached hydrogens (tertiary/aromatic N) is 2. The fraction of sp³-hybridized carbons (Fsp3) is 0.625. The summed E-state index contributed by atoms with van der Waals surface area (Å²) in [5.41, 5.74) is 2.41. The average Bonchev–Trinajstić information content (AvgIpc) is 2.75. The number of thiophene rings is 1. The third kappa shape index (κ3) is 4.45. The highest BCUT2D eigenvalue weighted by molar-refractivity contribution is 7.16. The van der Waals surface area contributed by atoms with Gasteiger partial charge in [-0.1, -0.05) is 0 Å². The summed E-state index contributed by atoms with van der Waals surface area (Å²) in [5.74, 6) is 0.0146. The normalized spacial score (nSPS) is 15.6. The lowest BCUT2D eigenvalue weighted by atomic mass is 10.2. The van der Waals surface area contributed by atoms with Crippen LogP contribution in [-0.4, -0.2) is 61.0 Å². The summed E-state index contributed by atoms with van der Waals surface area (Å²) >= 11 is 1.63. The molecule has 1 aromatic heterocycles. The molecule has 0 saturated carbocycles. The number of nitrogens with one attached hydrogen (secondary N) is 2. The summed E-state index contributed by atoms with van der Waals surface area (Å²) in [7, 11) is 0. The molecule has 2 rings (SSSR count). The smallest absolute Gasteiger partial charge is 0.317 e. The van der Waals surface area contributed by atoms with Gasteiger partial charge in [-0.3, -0.25) is 9.69 Å². The van der Waals surface area contributed by atoms with Gasteiger partial charge in [-0.05, 0) is 38.8 Å². The van der Waals surface area contributed by atoms with Crippen LogP contribution in [0, 0.1) is 20.8 Å². The average molecular weight is 338 g/mol. The van der Waals surface area contributed by atoms with Gasteiger partial charge in [0.2, 0.25) is 5.91 Å². The van der Waals surface area contributed by atoms with Gasteiger partial charge in [-0.25, -0.2) is 4.79 Å².